The molecule has 0 radical (unpaired) electrons. The topological polar surface area (TPSA) is 71.0 Å². The summed E-state index contributed by atoms with van der Waals surface area (Å²) in [6.07, 6.45) is 6.30. The Balaban J connectivity index is 1.44. The quantitative estimate of drug-likeness (QED) is 0.312. The number of hydrogen-bond donors (Lipinski definition) is 1. The van der Waals surface area contributed by atoms with Crippen molar-refractivity contribution in [2.24, 2.45) is 0 Å². The van der Waals surface area contributed by atoms with Gasteiger partial charge in [-0.1, -0.05) is 59.1 Å². The summed E-state index contributed by atoms with van der Waals surface area (Å²) >= 11 is 18.7. The van der Waals surface area contributed by atoms with Gasteiger partial charge in [0.1, 0.15) is 0 Å². The number of nitrogens with zero attached hydrogens (tertiary/aromatic N) is 4. The van der Waals surface area contributed by atoms with E-state index in [2.05, 4.69) is 20.3 Å². The maximum Gasteiger partial charge on any atom is 0.227 e. The minimum atomic E-state index is 0.103. The first kappa shape index (κ1) is 22.6. The highest BCUT2D eigenvalue weighted by Gasteiger charge is 2.22. The smallest absolute Gasteiger partial charge is 0.227 e. The second kappa shape index (κ2) is 9.58. The molecule has 1 fully saturated rings. The van der Waals surface area contributed by atoms with Gasteiger partial charge in [0.25, 0.3) is 0 Å². The zero-order valence-corrected chi connectivity index (χ0v) is 20.1. The van der Waals surface area contributed by atoms with E-state index in [1.54, 1.807) is 29.6 Å². The van der Waals surface area contributed by atoms with Crippen LogP contribution in [-0.2, 0) is 4.79 Å². The van der Waals surface area contributed by atoms with Crippen LogP contribution in [0.4, 0.5) is 17.3 Å². The summed E-state index contributed by atoms with van der Waals surface area (Å²) < 4.78 is 0. The van der Waals surface area contributed by atoms with E-state index in [-0.39, 0.29) is 5.91 Å². The van der Waals surface area contributed by atoms with Gasteiger partial charge in [-0.05, 0) is 41.8 Å². The van der Waals surface area contributed by atoms with Gasteiger partial charge in [0.15, 0.2) is 0 Å². The summed E-state index contributed by atoms with van der Waals surface area (Å²) in [6, 6.07) is 15.2. The summed E-state index contributed by atoms with van der Waals surface area (Å²) in [5, 5.41) is 4.58. The maximum atomic E-state index is 12.1. The SMILES string of the molecule is O=C1CCCN1c1cncc(Nc2ncc(Cl)c(-c3cccc(-c4ccc(Cl)c(Cl)c4)c3)n2)c1. The van der Waals surface area contributed by atoms with Crippen LogP contribution in [0.1, 0.15) is 12.8 Å². The number of aromatic nitrogens is 3. The number of halogens is 3. The number of pyridine rings is 1. The van der Waals surface area contributed by atoms with Crippen molar-refractivity contribution in [1.82, 2.24) is 15.0 Å². The fraction of sp³-hybridized carbons (Fsp3) is 0.120. The Morgan fingerprint density at radius 2 is 1.68 bits per heavy atom. The van der Waals surface area contributed by atoms with Crippen LogP contribution in [0.25, 0.3) is 22.4 Å². The molecule has 0 bridgehead atoms. The molecule has 0 spiro atoms. The fourth-order valence-corrected chi connectivity index (χ4v) is 4.34. The Hall–Kier alpha value is -3.19. The van der Waals surface area contributed by atoms with Crippen molar-refractivity contribution < 1.29 is 4.79 Å². The van der Waals surface area contributed by atoms with E-state index in [9.17, 15) is 4.79 Å². The lowest BCUT2D eigenvalue weighted by Gasteiger charge is -2.16. The van der Waals surface area contributed by atoms with E-state index < -0.39 is 0 Å². The number of benzene rings is 2. The first-order valence-electron chi connectivity index (χ1n) is 10.6. The molecular weight excluding hydrogens is 493 g/mol. The predicted molar refractivity (Wildman–Crippen MR) is 137 cm³/mol. The third-order valence-electron chi connectivity index (χ3n) is 5.50. The van der Waals surface area contributed by atoms with Crippen LogP contribution in [0.2, 0.25) is 15.1 Å². The zero-order chi connectivity index (χ0) is 23.7. The second-order valence-electron chi connectivity index (χ2n) is 7.81. The molecule has 0 saturated carbocycles. The molecule has 0 aliphatic carbocycles. The van der Waals surface area contributed by atoms with Gasteiger partial charge >= 0.3 is 0 Å². The van der Waals surface area contributed by atoms with Crippen molar-refractivity contribution >= 4 is 58.0 Å². The zero-order valence-electron chi connectivity index (χ0n) is 17.8. The standard InChI is InChI=1S/C25H18Cl3N5O/c26-20-7-6-16(10-21(20)27)15-3-1-4-17(9-15)24-22(28)14-30-25(32-24)31-18-11-19(13-29-12-18)33-8-2-5-23(33)34/h1,3-4,6-7,9-14H,2,5,8H2,(H,30,31,32). The third-order valence-corrected chi connectivity index (χ3v) is 6.51. The molecule has 0 unspecified atom stereocenters. The molecule has 5 rings (SSSR count). The first-order valence-corrected chi connectivity index (χ1v) is 11.7. The number of amides is 1. The van der Waals surface area contributed by atoms with E-state index in [4.69, 9.17) is 34.8 Å². The Morgan fingerprint density at radius 1 is 0.853 bits per heavy atom. The molecule has 1 saturated heterocycles. The molecule has 3 heterocycles. The van der Waals surface area contributed by atoms with Crippen molar-refractivity contribution in [3.8, 4) is 22.4 Å². The molecule has 1 N–H and O–H groups in total. The van der Waals surface area contributed by atoms with Gasteiger partial charge < -0.3 is 10.2 Å². The van der Waals surface area contributed by atoms with E-state index in [0.717, 1.165) is 28.8 Å². The second-order valence-corrected chi connectivity index (χ2v) is 9.03. The van der Waals surface area contributed by atoms with Crippen LogP contribution in [-0.4, -0.2) is 27.4 Å². The number of hydrogen-bond acceptors (Lipinski definition) is 5. The largest absolute Gasteiger partial charge is 0.323 e. The molecule has 34 heavy (non-hydrogen) atoms. The van der Waals surface area contributed by atoms with Crippen LogP contribution in [0.3, 0.4) is 0 Å². The summed E-state index contributed by atoms with van der Waals surface area (Å²) in [7, 11) is 0. The molecule has 1 aliphatic heterocycles. The van der Waals surface area contributed by atoms with Crippen molar-refractivity contribution in [3.05, 3.63) is 82.2 Å². The van der Waals surface area contributed by atoms with Crippen LogP contribution in [0, 0.1) is 0 Å². The maximum absolute atomic E-state index is 12.1. The lowest BCUT2D eigenvalue weighted by Crippen LogP contribution is -2.23. The average molecular weight is 511 g/mol. The van der Waals surface area contributed by atoms with Gasteiger partial charge in [0.05, 0.1) is 50.7 Å². The normalized spacial score (nSPS) is 13.4. The molecule has 1 amide bonds. The highest BCUT2D eigenvalue weighted by atomic mass is 35.5. The summed E-state index contributed by atoms with van der Waals surface area (Å²) in [5.74, 6) is 0.469. The molecule has 1 aliphatic rings. The Bertz CT molecular complexity index is 1390. The summed E-state index contributed by atoms with van der Waals surface area (Å²) in [5.41, 5.74) is 4.71. The Kier molecular flexibility index (Phi) is 6.37. The number of rotatable bonds is 5. The van der Waals surface area contributed by atoms with Gasteiger partial charge in [0, 0.05) is 18.5 Å². The number of anilines is 3. The molecule has 170 valence electrons. The van der Waals surface area contributed by atoms with Gasteiger partial charge in [-0.25, -0.2) is 9.97 Å². The lowest BCUT2D eigenvalue weighted by molar-refractivity contribution is -0.117. The molecule has 4 aromatic rings. The highest BCUT2D eigenvalue weighted by molar-refractivity contribution is 6.42. The first-order chi connectivity index (χ1) is 16.5. The summed E-state index contributed by atoms with van der Waals surface area (Å²) in [4.78, 5) is 27.0. The van der Waals surface area contributed by atoms with Gasteiger partial charge in [-0.15, -0.1) is 0 Å². The predicted octanol–water partition coefficient (Wildman–Crippen LogP) is 7.04. The van der Waals surface area contributed by atoms with Crippen LogP contribution in [0.15, 0.2) is 67.1 Å². The number of carbonyl (C=O) groups excluding carboxylic acids is 1. The monoisotopic (exact) mass is 509 g/mol. The Labute approximate surface area is 211 Å². The number of carbonyl (C=O) groups is 1. The fourth-order valence-electron chi connectivity index (χ4n) is 3.85. The van der Waals surface area contributed by atoms with E-state index >= 15 is 0 Å². The third kappa shape index (κ3) is 4.71. The van der Waals surface area contributed by atoms with Crippen molar-refractivity contribution in [2.45, 2.75) is 12.8 Å². The minimum Gasteiger partial charge on any atom is -0.323 e. The Morgan fingerprint density at radius 3 is 2.47 bits per heavy atom. The number of nitrogens with one attached hydrogen (secondary N) is 1. The van der Waals surface area contributed by atoms with Gasteiger partial charge in [0.2, 0.25) is 11.9 Å². The van der Waals surface area contributed by atoms with Crippen molar-refractivity contribution in [1.29, 1.82) is 0 Å². The van der Waals surface area contributed by atoms with Crippen LogP contribution in [0.5, 0.6) is 0 Å². The van der Waals surface area contributed by atoms with E-state index in [1.165, 1.54) is 0 Å². The van der Waals surface area contributed by atoms with E-state index in [0.29, 0.717) is 45.4 Å². The summed E-state index contributed by atoms with van der Waals surface area (Å²) in [6.45, 7) is 0.695. The lowest BCUT2D eigenvalue weighted by atomic mass is 10.0. The van der Waals surface area contributed by atoms with Crippen molar-refractivity contribution in [3.63, 3.8) is 0 Å². The van der Waals surface area contributed by atoms with Gasteiger partial charge in [-0.2, -0.15) is 0 Å². The van der Waals surface area contributed by atoms with E-state index in [1.807, 2.05) is 42.5 Å². The van der Waals surface area contributed by atoms with Gasteiger partial charge in [-0.3, -0.25) is 9.78 Å². The molecule has 6 nitrogen and oxygen atoms in total. The highest BCUT2D eigenvalue weighted by Crippen LogP contribution is 2.33. The average Bonchev–Trinajstić information content (AvgIpc) is 3.28. The van der Waals surface area contributed by atoms with Crippen LogP contribution >= 0.6 is 34.8 Å². The molecule has 2 aromatic carbocycles. The molecule has 9 heteroatoms. The molecule has 2 aromatic heterocycles. The molecule has 0 atom stereocenters. The van der Waals surface area contributed by atoms with Crippen molar-refractivity contribution in [2.75, 3.05) is 16.8 Å². The molecular formula is C25H18Cl3N5O. The minimum absolute atomic E-state index is 0.103. The van der Waals surface area contributed by atoms with Crippen LogP contribution < -0.4 is 10.2 Å².